The molecule has 4 aromatic heterocycles. The molecule has 0 unspecified atom stereocenters. The van der Waals surface area contributed by atoms with E-state index in [9.17, 15) is 14.4 Å². The molecule has 0 saturated carbocycles. The third-order valence-electron chi connectivity index (χ3n) is 10.3. The number of carbonyl (C=O) groups excluding carboxylic acids is 3. The van der Waals surface area contributed by atoms with E-state index >= 15 is 0 Å². The van der Waals surface area contributed by atoms with Gasteiger partial charge in [0, 0.05) is 54.3 Å². The summed E-state index contributed by atoms with van der Waals surface area (Å²) in [5.41, 5.74) is 15.2. The Morgan fingerprint density at radius 3 is 2.60 bits per heavy atom. The van der Waals surface area contributed by atoms with Gasteiger partial charge in [-0.1, -0.05) is 26.0 Å². The van der Waals surface area contributed by atoms with E-state index in [1.807, 2.05) is 4.52 Å². The molecular weight excluding hydrogens is 662 g/mol. The van der Waals surface area contributed by atoms with Gasteiger partial charge in [0.05, 0.1) is 25.3 Å². The van der Waals surface area contributed by atoms with Crippen molar-refractivity contribution in [2.75, 3.05) is 51.9 Å². The number of anilines is 1. The molecule has 6 rings (SSSR count). The minimum absolute atomic E-state index is 0.00918. The van der Waals surface area contributed by atoms with Crippen molar-refractivity contribution in [3.8, 4) is 11.3 Å². The quantitative estimate of drug-likeness (QED) is 0.123. The summed E-state index contributed by atoms with van der Waals surface area (Å²) in [6, 6.07) is 10.1. The van der Waals surface area contributed by atoms with Crippen LogP contribution >= 0.6 is 0 Å². The number of aromatic nitrogens is 5. The van der Waals surface area contributed by atoms with Crippen LogP contribution in [0.4, 0.5) is 10.6 Å². The van der Waals surface area contributed by atoms with Gasteiger partial charge in [-0.05, 0) is 73.2 Å². The number of nitrogens with one attached hydrogen (secondary N) is 2. The first-order valence-corrected chi connectivity index (χ1v) is 17.6. The molecular formula is C38H48N9O5+. The predicted octanol–water partition coefficient (Wildman–Crippen LogP) is 4.69. The van der Waals surface area contributed by atoms with Crippen molar-refractivity contribution in [2.45, 2.75) is 59.0 Å². The van der Waals surface area contributed by atoms with E-state index in [-0.39, 0.29) is 42.7 Å². The third kappa shape index (κ3) is 7.34. The van der Waals surface area contributed by atoms with Crippen LogP contribution in [0.25, 0.3) is 27.8 Å². The SMILES string of the molecule is CNCC(=O)OCc1cccnc1N(C)C(=O)OC[N+]1(CC(N)=O)CCC(c2ccc3[nH]c(-c4cn5ncnc5c(C)c4C)c(C(C)C)c3c2)CC1. The van der Waals surface area contributed by atoms with Crippen molar-refractivity contribution >= 4 is 40.3 Å². The number of carbonyl (C=O) groups is 3. The molecule has 52 heavy (non-hydrogen) atoms. The number of hydrogen-bond donors (Lipinski definition) is 3. The molecule has 5 heterocycles. The first-order chi connectivity index (χ1) is 24.9. The number of quaternary nitrogens is 1. The zero-order valence-corrected chi connectivity index (χ0v) is 30.7. The minimum atomic E-state index is -0.631. The molecule has 0 spiro atoms. The molecule has 14 nitrogen and oxygen atoms in total. The first kappa shape index (κ1) is 36.5. The number of piperidine rings is 1. The maximum atomic E-state index is 13.3. The van der Waals surface area contributed by atoms with Crippen LogP contribution in [0.2, 0.25) is 0 Å². The summed E-state index contributed by atoms with van der Waals surface area (Å²) in [7, 11) is 3.21. The minimum Gasteiger partial charge on any atom is -0.460 e. The normalized spacial score (nSPS) is 17.5. The molecule has 0 radical (unpaired) electrons. The number of aryl methyl sites for hydroxylation is 1. The van der Waals surface area contributed by atoms with Crippen LogP contribution in [0, 0.1) is 13.8 Å². The summed E-state index contributed by atoms with van der Waals surface area (Å²) in [5.74, 6) is -0.0280. The highest BCUT2D eigenvalue weighted by molar-refractivity contribution is 5.93. The Morgan fingerprint density at radius 2 is 1.88 bits per heavy atom. The zero-order valence-electron chi connectivity index (χ0n) is 30.7. The number of amides is 2. The number of aromatic amines is 1. The second-order valence-electron chi connectivity index (χ2n) is 14.2. The van der Waals surface area contributed by atoms with Crippen LogP contribution in [-0.2, 0) is 25.7 Å². The molecule has 274 valence electrons. The summed E-state index contributed by atoms with van der Waals surface area (Å²) in [6.07, 6.45) is 6.16. The standard InChI is InChI=1S/C38H47N9O5/c1-23(2)34-29-16-27(9-10-31(29)44-35(34)30-18-46-36(42-21-43-46)25(4)24(30)3)26-11-14-47(15-12-26,19-32(39)48)22-52-38(50)45(6)37-28(8-7-13-41-37)20-51-33(49)17-40-5/h7-10,13,16,18,21,23,26,40,44H,11-12,14-15,17,19-20,22H2,1-6H3,(H-,39,48)/p+1. The molecule has 0 bridgehead atoms. The number of pyridine rings is 2. The molecule has 14 heteroatoms. The second-order valence-corrected chi connectivity index (χ2v) is 14.2. The van der Waals surface area contributed by atoms with Crippen LogP contribution in [0.15, 0.2) is 49.1 Å². The number of likely N-dealkylation sites (N-methyl/N-ethyl adjacent to an activating group) is 1. The van der Waals surface area contributed by atoms with E-state index in [1.54, 1.807) is 38.8 Å². The van der Waals surface area contributed by atoms with Crippen molar-refractivity contribution in [2.24, 2.45) is 5.73 Å². The van der Waals surface area contributed by atoms with E-state index in [1.165, 1.54) is 27.0 Å². The largest absolute Gasteiger partial charge is 0.460 e. The van der Waals surface area contributed by atoms with Gasteiger partial charge < -0.3 is 25.5 Å². The fraction of sp³-hybridized carbons (Fsp3) is 0.421. The Hall–Kier alpha value is -5.34. The van der Waals surface area contributed by atoms with Crippen LogP contribution in [0.5, 0.6) is 0 Å². The topological polar surface area (TPSA) is 170 Å². The Labute approximate surface area is 302 Å². The van der Waals surface area contributed by atoms with Crippen molar-refractivity contribution in [3.05, 3.63) is 76.9 Å². The van der Waals surface area contributed by atoms with Gasteiger partial charge in [-0.25, -0.2) is 19.3 Å². The molecule has 1 saturated heterocycles. The summed E-state index contributed by atoms with van der Waals surface area (Å²) >= 11 is 0. The number of rotatable bonds is 12. The monoisotopic (exact) mass is 710 g/mol. The molecule has 0 atom stereocenters. The number of ether oxygens (including phenoxy) is 2. The summed E-state index contributed by atoms with van der Waals surface area (Å²) in [5, 5.41) is 8.36. The molecule has 1 aliphatic rings. The molecule has 1 aromatic carbocycles. The Morgan fingerprint density at radius 1 is 1.12 bits per heavy atom. The van der Waals surface area contributed by atoms with Gasteiger partial charge in [0.2, 0.25) is 6.73 Å². The van der Waals surface area contributed by atoms with Gasteiger partial charge in [-0.15, -0.1) is 0 Å². The van der Waals surface area contributed by atoms with Crippen LogP contribution in [0.1, 0.15) is 66.3 Å². The highest BCUT2D eigenvalue weighted by atomic mass is 16.6. The van der Waals surface area contributed by atoms with Crippen LogP contribution < -0.4 is 16.0 Å². The molecule has 1 fully saturated rings. The first-order valence-electron chi connectivity index (χ1n) is 17.6. The van der Waals surface area contributed by atoms with Gasteiger partial charge in [-0.3, -0.25) is 19.0 Å². The number of fused-ring (bicyclic) bond motifs is 2. The lowest BCUT2D eigenvalue weighted by Gasteiger charge is -2.42. The Kier molecular flexibility index (Phi) is 10.6. The second kappa shape index (κ2) is 15.1. The van der Waals surface area contributed by atoms with Crippen LogP contribution in [0.3, 0.4) is 0 Å². The lowest BCUT2D eigenvalue weighted by molar-refractivity contribution is -0.940. The maximum absolute atomic E-state index is 13.3. The van der Waals surface area contributed by atoms with E-state index in [0.717, 1.165) is 40.8 Å². The van der Waals surface area contributed by atoms with Gasteiger partial charge in [0.15, 0.2) is 12.2 Å². The molecule has 0 aliphatic carbocycles. The van der Waals surface area contributed by atoms with Gasteiger partial charge in [-0.2, -0.15) is 5.10 Å². The zero-order chi connectivity index (χ0) is 37.2. The van der Waals surface area contributed by atoms with E-state index in [0.29, 0.717) is 24.5 Å². The van der Waals surface area contributed by atoms with Crippen LogP contribution in [-0.4, -0.2) is 94.0 Å². The Bertz CT molecular complexity index is 2110. The number of nitrogens with two attached hydrogens (primary N) is 1. The Balaban J connectivity index is 1.18. The number of hydrogen-bond acceptors (Lipinski definition) is 9. The van der Waals surface area contributed by atoms with Crippen molar-refractivity contribution in [1.29, 1.82) is 0 Å². The highest BCUT2D eigenvalue weighted by Gasteiger charge is 2.38. The fourth-order valence-electron chi connectivity index (χ4n) is 7.44. The average Bonchev–Trinajstić information content (AvgIpc) is 3.76. The number of benzene rings is 1. The van der Waals surface area contributed by atoms with E-state index in [2.05, 4.69) is 77.5 Å². The highest BCUT2D eigenvalue weighted by Crippen LogP contribution is 2.40. The molecule has 2 amide bonds. The van der Waals surface area contributed by atoms with E-state index in [4.69, 9.17) is 15.2 Å². The number of nitrogens with zero attached hydrogens (tertiary/aromatic N) is 6. The summed E-state index contributed by atoms with van der Waals surface area (Å²) < 4.78 is 13.2. The smallest absolute Gasteiger partial charge is 0.419 e. The van der Waals surface area contributed by atoms with Gasteiger partial charge in [0.1, 0.15) is 18.8 Å². The average molecular weight is 711 g/mol. The lowest BCUT2D eigenvalue weighted by Crippen LogP contribution is -2.58. The lowest BCUT2D eigenvalue weighted by atomic mass is 9.86. The number of esters is 1. The molecule has 5 aromatic rings. The van der Waals surface area contributed by atoms with Gasteiger partial charge in [0.25, 0.3) is 5.91 Å². The molecule has 1 aliphatic heterocycles. The fourth-order valence-corrected chi connectivity index (χ4v) is 7.44. The van der Waals surface area contributed by atoms with E-state index < -0.39 is 18.0 Å². The summed E-state index contributed by atoms with van der Waals surface area (Å²) in [4.78, 5) is 51.3. The summed E-state index contributed by atoms with van der Waals surface area (Å²) in [6.45, 7) is 9.97. The van der Waals surface area contributed by atoms with Crippen molar-refractivity contribution < 1.29 is 28.3 Å². The maximum Gasteiger partial charge on any atom is 0.419 e. The number of likely N-dealkylation sites (tertiary alicyclic amines) is 1. The van der Waals surface area contributed by atoms with Crippen molar-refractivity contribution in [3.63, 3.8) is 0 Å². The predicted molar refractivity (Wildman–Crippen MR) is 198 cm³/mol. The number of H-pyrrole nitrogens is 1. The van der Waals surface area contributed by atoms with Crippen molar-refractivity contribution in [1.82, 2.24) is 29.9 Å². The third-order valence-corrected chi connectivity index (χ3v) is 10.3. The van der Waals surface area contributed by atoms with Gasteiger partial charge >= 0.3 is 12.1 Å². The number of primary amides is 1. The molecule has 4 N–H and O–H groups in total.